The van der Waals surface area contributed by atoms with Gasteiger partial charge in [0, 0.05) is 11.6 Å². The highest BCUT2D eigenvalue weighted by molar-refractivity contribution is 5.94. The topological polar surface area (TPSA) is 64.6 Å². The highest BCUT2D eigenvalue weighted by Gasteiger charge is 2.18. The number of hydrogen-bond donors (Lipinski definition) is 1. The van der Waals surface area contributed by atoms with E-state index in [1.54, 1.807) is 31.2 Å². The number of carbonyl (C=O) groups is 2. The van der Waals surface area contributed by atoms with Crippen LogP contribution in [0, 0.1) is 0 Å². The molecule has 0 saturated heterocycles. The van der Waals surface area contributed by atoms with E-state index in [2.05, 4.69) is 5.32 Å². The van der Waals surface area contributed by atoms with Crippen LogP contribution in [0.5, 0.6) is 5.75 Å². The van der Waals surface area contributed by atoms with Gasteiger partial charge in [-0.15, -0.1) is 0 Å². The molecule has 2 rings (SSSR count). The molecule has 1 saturated carbocycles. The van der Waals surface area contributed by atoms with Gasteiger partial charge in [-0.05, 0) is 50.5 Å². The van der Waals surface area contributed by atoms with Crippen LogP contribution < -0.4 is 10.1 Å². The van der Waals surface area contributed by atoms with Crippen LogP contribution in [0.15, 0.2) is 24.3 Å². The fourth-order valence-corrected chi connectivity index (χ4v) is 2.77. The van der Waals surface area contributed by atoms with Gasteiger partial charge >= 0.3 is 5.97 Å². The molecule has 132 valence electrons. The lowest BCUT2D eigenvalue weighted by atomic mass is 9.95. The van der Waals surface area contributed by atoms with Crippen LogP contribution >= 0.6 is 0 Å². The van der Waals surface area contributed by atoms with E-state index >= 15 is 0 Å². The fourth-order valence-electron chi connectivity index (χ4n) is 2.77. The quantitative estimate of drug-likeness (QED) is 0.776. The van der Waals surface area contributed by atoms with Crippen molar-refractivity contribution in [1.82, 2.24) is 5.32 Å². The maximum Gasteiger partial charge on any atom is 0.347 e. The summed E-state index contributed by atoms with van der Waals surface area (Å²) in [7, 11) is 0. The number of nitrogens with one attached hydrogen (secondary N) is 1. The van der Waals surface area contributed by atoms with Crippen molar-refractivity contribution in [3.63, 3.8) is 0 Å². The molecule has 1 atom stereocenters. The Bertz CT molecular complexity index is 535. The summed E-state index contributed by atoms with van der Waals surface area (Å²) >= 11 is 0. The Kier molecular flexibility index (Phi) is 7.09. The number of carbonyl (C=O) groups excluding carboxylic acids is 2. The summed E-state index contributed by atoms with van der Waals surface area (Å²) in [5, 5.41) is 3.08. The molecule has 0 aromatic heterocycles. The van der Waals surface area contributed by atoms with Crippen LogP contribution in [-0.2, 0) is 9.53 Å². The molecule has 0 spiro atoms. The average Bonchev–Trinajstić information content (AvgIpc) is 2.61. The second-order valence-electron chi connectivity index (χ2n) is 6.26. The molecular weight excluding hydrogens is 306 g/mol. The van der Waals surface area contributed by atoms with E-state index in [4.69, 9.17) is 9.47 Å². The summed E-state index contributed by atoms with van der Waals surface area (Å²) in [5.41, 5.74) is 0.606. The molecule has 24 heavy (non-hydrogen) atoms. The Hall–Kier alpha value is -2.04. The zero-order chi connectivity index (χ0) is 17.4. The molecule has 5 heteroatoms. The minimum absolute atomic E-state index is 0.0520. The molecule has 0 heterocycles. The SMILES string of the molecule is CCCOC(=O)[C@H](C)Oc1ccc(C(=O)NC2CCCCC2)cc1. The van der Waals surface area contributed by atoms with Gasteiger partial charge in [-0.1, -0.05) is 26.2 Å². The second-order valence-corrected chi connectivity index (χ2v) is 6.26. The molecule has 1 aromatic carbocycles. The van der Waals surface area contributed by atoms with Crippen molar-refractivity contribution in [2.24, 2.45) is 0 Å². The lowest BCUT2D eigenvalue weighted by molar-refractivity contribution is -0.151. The fraction of sp³-hybridized carbons (Fsp3) is 0.579. The molecule has 1 N–H and O–H groups in total. The monoisotopic (exact) mass is 333 g/mol. The minimum Gasteiger partial charge on any atom is -0.479 e. The zero-order valence-electron chi connectivity index (χ0n) is 14.5. The number of rotatable bonds is 7. The normalized spacial score (nSPS) is 16.2. The van der Waals surface area contributed by atoms with Crippen molar-refractivity contribution in [3.05, 3.63) is 29.8 Å². The first-order chi connectivity index (χ1) is 11.6. The first kappa shape index (κ1) is 18.3. The summed E-state index contributed by atoms with van der Waals surface area (Å²) in [4.78, 5) is 23.9. The predicted molar refractivity (Wildman–Crippen MR) is 92.1 cm³/mol. The third kappa shape index (κ3) is 5.55. The van der Waals surface area contributed by atoms with Crippen LogP contribution in [0.1, 0.15) is 62.7 Å². The van der Waals surface area contributed by atoms with Crippen molar-refractivity contribution in [2.45, 2.75) is 64.5 Å². The Morgan fingerprint density at radius 3 is 2.46 bits per heavy atom. The van der Waals surface area contributed by atoms with Gasteiger partial charge in [-0.3, -0.25) is 4.79 Å². The number of hydrogen-bond acceptors (Lipinski definition) is 4. The highest BCUT2D eigenvalue weighted by atomic mass is 16.6. The van der Waals surface area contributed by atoms with Crippen molar-refractivity contribution in [2.75, 3.05) is 6.61 Å². The summed E-state index contributed by atoms with van der Waals surface area (Å²) in [6.07, 6.45) is 5.86. The molecule has 1 amide bonds. The Labute approximate surface area is 143 Å². The number of ether oxygens (including phenoxy) is 2. The summed E-state index contributed by atoms with van der Waals surface area (Å²) in [5.74, 6) is 0.116. The van der Waals surface area contributed by atoms with Crippen molar-refractivity contribution in [1.29, 1.82) is 0 Å². The summed E-state index contributed by atoms with van der Waals surface area (Å²) in [6, 6.07) is 7.14. The maximum atomic E-state index is 12.2. The first-order valence-electron chi connectivity index (χ1n) is 8.84. The maximum absolute atomic E-state index is 12.2. The van der Waals surface area contributed by atoms with Gasteiger partial charge in [0.2, 0.25) is 0 Å². The van der Waals surface area contributed by atoms with Crippen LogP contribution in [0.25, 0.3) is 0 Å². The third-order valence-electron chi connectivity index (χ3n) is 4.15. The molecule has 0 radical (unpaired) electrons. The first-order valence-corrected chi connectivity index (χ1v) is 8.84. The van der Waals surface area contributed by atoms with Gasteiger partial charge in [0.05, 0.1) is 6.61 Å². The average molecular weight is 333 g/mol. The van der Waals surface area contributed by atoms with E-state index in [9.17, 15) is 9.59 Å². The van der Waals surface area contributed by atoms with Gasteiger partial charge in [-0.2, -0.15) is 0 Å². The van der Waals surface area contributed by atoms with Crippen molar-refractivity contribution in [3.8, 4) is 5.75 Å². The molecule has 0 unspecified atom stereocenters. The minimum atomic E-state index is -0.668. The van der Waals surface area contributed by atoms with Gasteiger partial charge in [0.15, 0.2) is 6.10 Å². The number of esters is 1. The lowest BCUT2D eigenvalue weighted by Crippen LogP contribution is -2.36. The van der Waals surface area contributed by atoms with Crippen LogP contribution in [0.4, 0.5) is 0 Å². The standard InChI is InChI=1S/C19H27NO4/c1-3-13-23-19(22)14(2)24-17-11-9-15(10-12-17)18(21)20-16-7-5-4-6-8-16/h9-12,14,16H,3-8,13H2,1-2H3,(H,20,21)/t14-/m0/s1. The van der Waals surface area contributed by atoms with Crippen molar-refractivity contribution >= 4 is 11.9 Å². The summed E-state index contributed by atoms with van der Waals surface area (Å²) < 4.78 is 10.6. The molecule has 1 aliphatic carbocycles. The predicted octanol–water partition coefficient (Wildman–Crippen LogP) is 3.47. The zero-order valence-corrected chi connectivity index (χ0v) is 14.5. The van der Waals surface area contributed by atoms with Gasteiger partial charge < -0.3 is 14.8 Å². The summed E-state index contributed by atoms with van der Waals surface area (Å²) in [6.45, 7) is 3.99. The third-order valence-corrected chi connectivity index (χ3v) is 4.15. The van der Waals surface area contributed by atoms with E-state index in [-0.39, 0.29) is 17.9 Å². The second kappa shape index (κ2) is 9.30. The van der Waals surface area contributed by atoms with Crippen LogP contribution in [-0.4, -0.2) is 30.6 Å². The Morgan fingerprint density at radius 2 is 1.83 bits per heavy atom. The van der Waals surface area contributed by atoms with Gasteiger partial charge in [0.1, 0.15) is 5.75 Å². The van der Waals surface area contributed by atoms with E-state index in [1.807, 2.05) is 6.92 Å². The van der Waals surface area contributed by atoms with E-state index in [1.165, 1.54) is 19.3 Å². The van der Waals surface area contributed by atoms with Crippen LogP contribution in [0.3, 0.4) is 0 Å². The van der Waals surface area contributed by atoms with Gasteiger partial charge in [-0.25, -0.2) is 4.79 Å². The van der Waals surface area contributed by atoms with Crippen LogP contribution in [0.2, 0.25) is 0 Å². The molecule has 0 bridgehead atoms. The smallest absolute Gasteiger partial charge is 0.347 e. The molecular formula is C19H27NO4. The molecule has 0 aliphatic heterocycles. The lowest BCUT2D eigenvalue weighted by Gasteiger charge is -2.22. The van der Waals surface area contributed by atoms with E-state index < -0.39 is 6.10 Å². The molecule has 5 nitrogen and oxygen atoms in total. The molecule has 1 fully saturated rings. The molecule has 1 aromatic rings. The Balaban J connectivity index is 1.85. The van der Waals surface area contributed by atoms with Crippen molar-refractivity contribution < 1.29 is 19.1 Å². The van der Waals surface area contributed by atoms with Gasteiger partial charge in [0.25, 0.3) is 5.91 Å². The van der Waals surface area contributed by atoms with E-state index in [0.717, 1.165) is 19.3 Å². The highest BCUT2D eigenvalue weighted by Crippen LogP contribution is 2.19. The number of benzene rings is 1. The Morgan fingerprint density at radius 1 is 1.17 bits per heavy atom. The van der Waals surface area contributed by atoms with E-state index in [0.29, 0.717) is 17.9 Å². The largest absolute Gasteiger partial charge is 0.479 e. The number of amides is 1. The molecule has 1 aliphatic rings.